The second-order valence-electron chi connectivity index (χ2n) is 8.65. The fraction of sp³-hybridized carbons (Fsp3) is 0.500. The Bertz CT molecular complexity index is 1220. The third-order valence-corrected chi connectivity index (χ3v) is 5.99. The summed E-state index contributed by atoms with van der Waals surface area (Å²) in [6.45, 7) is 0.249. The van der Waals surface area contributed by atoms with Crippen LogP contribution in [-0.2, 0) is 11.3 Å². The van der Waals surface area contributed by atoms with Crippen LogP contribution in [0, 0.1) is 13.8 Å². The van der Waals surface area contributed by atoms with E-state index in [1.165, 1.54) is 12.1 Å². The van der Waals surface area contributed by atoms with Gasteiger partial charge in [-0.25, -0.2) is 9.37 Å². The Morgan fingerprint density at radius 2 is 1.66 bits per heavy atom. The fourth-order valence-corrected chi connectivity index (χ4v) is 4.65. The van der Waals surface area contributed by atoms with Gasteiger partial charge in [0.05, 0.1) is 27.6 Å². The predicted molar refractivity (Wildman–Crippen MR) is 120 cm³/mol. The van der Waals surface area contributed by atoms with Gasteiger partial charge in [-0.05, 0) is 40.2 Å². The van der Waals surface area contributed by atoms with Crippen LogP contribution in [0.2, 0.25) is 5.02 Å². The molecule has 0 saturated heterocycles. The molecule has 0 spiro atoms. The van der Waals surface area contributed by atoms with Crippen molar-refractivity contribution in [3.05, 3.63) is 34.1 Å². The van der Waals surface area contributed by atoms with Crippen molar-refractivity contribution in [3.8, 4) is 6.01 Å². The van der Waals surface area contributed by atoms with E-state index in [0.717, 1.165) is 13.8 Å². The molecule has 3 aromatic rings. The molecule has 13 heteroatoms. The molecule has 0 saturated carbocycles. The Balaban J connectivity index is 1.90. The van der Waals surface area contributed by atoms with Crippen LogP contribution < -0.4 is 9.64 Å². The second-order valence-corrected chi connectivity index (χ2v) is 9.05. The molecule has 1 unspecified atom stereocenters. The van der Waals surface area contributed by atoms with Gasteiger partial charge in [-0.2, -0.15) is 27.5 Å². The third-order valence-electron chi connectivity index (χ3n) is 5.68. The second kappa shape index (κ2) is 9.38. The SMILES string of the molecule is Cc1nc(OC(F)F)nc(C)c1N1CCCn2c1nc1c(Cl)ccc(C(OC(F)F)C(C)(C)F)c12. The first-order chi connectivity index (χ1) is 16.4. The first-order valence-corrected chi connectivity index (χ1v) is 11.1. The number of rotatable bonds is 7. The molecule has 0 amide bonds. The average molecular weight is 520 g/mol. The number of fused-ring (bicyclic) bond motifs is 3. The lowest BCUT2D eigenvalue weighted by Gasteiger charge is -2.32. The highest BCUT2D eigenvalue weighted by atomic mass is 35.5. The Labute approximate surface area is 202 Å². The number of imidazole rings is 1. The van der Waals surface area contributed by atoms with Crippen LogP contribution >= 0.6 is 11.6 Å². The van der Waals surface area contributed by atoms with Gasteiger partial charge >= 0.3 is 19.2 Å². The van der Waals surface area contributed by atoms with Gasteiger partial charge in [0.15, 0.2) is 0 Å². The smallest absolute Gasteiger partial charge is 0.389 e. The van der Waals surface area contributed by atoms with Crippen molar-refractivity contribution in [2.75, 3.05) is 11.4 Å². The average Bonchev–Trinajstić information content (AvgIpc) is 3.12. The Hall–Kier alpha value is -2.73. The van der Waals surface area contributed by atoms with Gasteiger partial charge in [-0.3, -0.25) is 0 Å². The molecule has 35 heavy (non-hydrogen) atoms. The van der Waals surface area contributed by atoms with Gasteiger partial charge < -0.3 is 18.9 Å². The molecular weight excluding hydrogens is 497 g/mol. The maximum absolute atomic E-state index is 15.0. The Morgan fingerprint density at radius 3 is 2.23 bits per heavy atom. The molecule has 7 nitrogen and oxygen atoms in total. The topological polar surface area (TPSA) is 65.3 Å². The van der Waals surface area contributed by atoms with Crippen molar-refractivity contribution >= 4 is 34.3 Å². The van der Waals surface area contributed by atoms with Crippen LogP contribution in [0.3, 0.4) is 0 Å². The number of halogens is 6. The molecule has 0 N–H and O–H groups in total. The summed E-state index contributed by atoms with van der Waals surface area (Å²) in [5.41, 5.74) is 0.00893. The van der Waals surface area contributed by atoms with E-state index in [-0.39, 0.29) is 10.6 Å². The van der Waals surface area contributed by atoms with Gasteiger partial charge in [0.1, 0.15) is 17.3 Å². The lowest BCUT2D eigenvalue weighted by atomic mass is 9.95. The van der Waals surface area contributed by atoms with Gasteiger partial charge in [-0.1, -0.05) is 17.7 Å². The third kappa shape index (κ3) is 4.86. The molecular formula is C22H23ClF5N5O2. The molecule has 1 aromatic carbocycles. The summed E-state index contributed by atoms with van der Waals surface area (Å²) in [7, 11) is 0. The van der Waals surface area contributed by atoms with Crippen LogP contribution in [0.15, 0.2) is 12.1 Å². The molecule has 1 aliphatic rings. The molecule has 0 radical (unpaired) electrons. The first kappa shape index (κ1) is 25.4. The zero-order valence-corrected chi connectivity index (χ0v) is 20.1. The molecule has 2 aromatic heterocycles. The van der Waals surface area contributed by atoms with Crippen LogP contribution in [0.1, 0.15) is 43.3 Å². The lowest BCUT2D eigenvalue weighted by molar-refractivity contribution is -0.195. The number of benzene rings is 1. The Kier molecular flexibility index (Phi) is 6.80. The predicted octanol–water partition coefficient (Wildman–Crippen LogP) is 6.27. The standard InChI is InChI=1S/C22H23ClF5N5O2/c1-10-15(11(2)30-20(29-10)35-19(26)27)32-8-5-9-33-16-12(17(22(3,4)28)34-18(24)25)6-7-13(23)14(16)31-21(32)33/h6-7,17-19H,5,8-9H2,1-4H3. The first-order valence-electron chi connectivity index (χ1n) is 10.8. The molecule has 1 atom stereocenters. The normalized spacial score (nSPS) is 15.3. The summed E-state index contributed by atoms with van der Waals surface area (Å²) < 4.78 is 77.5. The largest absolute Gasteiger partial charge is 0.401 e. The molecule has 0 bridgehead atoms. The monoisotopic (exact) mass is 519 g/mol. The van der Waals surface area contributed by atoms with E-state index in [1.54, 1.807) is 23.3 Å². The minimum absolute atomic E-state index is 0.183. The Morgan fingerprint density at radius 1 is 1.00 bits per heavy atom. The summed E-state index contributed by atoms with van der Waals surface area (Å²) in [5.74, 6) is 0.408. The number of anilines is 2. The lowest BCUT2D eigenvalue weighted by Crippen LogP contribution is -2.31. The van der Waals surface area contributed by atoms with Crippen LogP contribution in [0.4, 0.5) is 33.6 Å². The van der Waals surface area contributed by atoms with E-state index in [0.29, 0.717) is 53.6 Å². The number of aryl methyl sites for hydroxylation is 3. The maximum Gasteiger partial charge on any atom is 0.389 e. The van der Waals surface area contributed by atoms with Crippen molar-refractivity contribution in [1.29, 1.82) is 0 Å². The molecule has 4 rings (SSSR count). The molecule has 1 aliphatic heterocycles. The van der Waals surface area contributed by atoms with Crippen LogP contribution in [0.5, 0.6) is 6.01 Å². The fourth-order valence-electron chi connectivity index (χ4n) is 4.46. The van der Waals surface area contributed by atoms with Gasteiger partial charge in [0, 0.05) is 18.7 Å². The van der Waals surface area contributed by atoms with Crippen molar-refractivity contribution < 1.29 is 31.4 Å². The number of ether oxygens (including phenoxy) is 2. The van der Waals surface area contributed by atoms with Gasteiger partial charge in [-0.15, -0.1) is 0 Å². The van der Waals surface area contributed by atoms with Crippen molar-refractivity contribution in [3.63, 3.8) is 0 Å². The maximum atomic E-state index is 15.0. The zero-order valence-electron chi connectivity index (χ0n) is 19.3. The summed E-state index contributed by atoms with van der Waals surface area (Å²) in [5, 5.41) is 0.253. The van der Waals surface area contributed by atoms with E-state index < -0.39 is 31.0 Å². The molecule has 0 aliphatic carbocycles. The highest BCUT2D eigenvalue weighted by Gasteiger charge is 2.38. The van der Waals surface area contributed by atoms with Gasteiger partial charge in [0.25, 0.3) is 0 Å². The summed E-state index contributed by atoms with van der Waals surface area (Å²) >= 11 is 6.41. The van der Waals surface area contributed by atoms with Crippen molar-refractivity contribution in [1.82, 2.24) is 19.5 Å². The van der Waals surface area contributed by atoms with E-state index in [9.17, 15) is 17.6 Å². The summed E-state index contributed by atoms with van der Waals surface area (Å²) in [4.78, 5) is 14.5. The zero-order chi connectivity index (χ0) is 25.7. The van der Waals surface area contributed by atoms with Crippen LogP contribution in [0.25, 0.3) is 11.0 Å². The van der Waals surface area contributed by atoms with Crippen LogP contribution in [-0.4, -0.2) is 45.0 Å². The summed E-state index contributed by atoms with van der Waals surface area (Å²) in [6, 6.07) is 2.47. The summed E-state index contributed by atoms with van der Waals surface area (Å²) in [6.07, 6.45) is -0.978. The van der Waals surface area contributed by atoms with E-state index in [1.807, 2.05) is 0 Å². The van der Waals surface area contributed by atoms with Crippen molar-refractivity contribution in [2.24, 2.45) is 0 Å². The quantitative estimate of drug-likeness (QED) is 0.343. The number of hydrogen-bond acceptors (Lipinski definition) is 6. The highest BCUT2D eigenvalue weighted by molar-refractivity contribution is 6.35. The molecule has 190 valence electrons. The van der Waals surface area contributed by atoms with E-state index >= 15 is 4.39 Å². The number of alkyl halides is 5. The van der Waals surface area contributed by atoms with Gasteiger partial charge in [0.2, 0.25) is 5.95 Å². The minimum Gasteiger partial charge on any atom is -0.401 e. The molecule has 0 fully saturated rings. The molecule has 3 heterocycles. The highest BCUT2D eigenvalue weighted by Crippen LogP contribution is 2.43. The van der Waals surface area contributed by atoms with E-state index in [2.05, 4.69) is 19.7 Å². The number of aromatic nitrogens is 4. The minimum atomic E-state index is -3.20. The number of nitrogens with zero attached hydrogens (tertiary/aromatic N) is 5. The van der Waals surface area contributed by atoms with Crippen molar-refractivity contribution in [2.45, 2.75) is 65.7 Å². The number of hydrogen-bond donors (Lipinski definition) is 0. The van der Waals surface area contributed by atoms with E-state index in [4.69, 9.17) is 16.3 Å².